The van der Waals surface area contributed by atoms with Crippen molar-refractivity contribution in [1.82, 2.24) is 4.98 Å². The molecule has 2 nitrogen and oxygen atoms in total. The first-order valence-electron chi connectivity index (χ1n) is 4.99. The van der Waals surface area contributed by atoms with Crippen molar-refractivity contribution < 1.29 is 4.74 Å². The third-order valence-electron chi connectivity index (χ3n) is 2.50. The zero-order chi connectivity index (χ0) is 9.97. The minimum absolute atomic E-state index is 0.921. The second kappa shape index (κ2) is 3.74. The van der Waals surface area contributed by atoms with Crippen LogP contribution in [0.2, 0.25) is 0 Å². The molecule has 0 bridgehead atoms. The van der Waals surface area contributed by atoms with E-state index in [0.717, 1.165) is 17.7 Å². The van der Waals surface area contributed by atoms with Crippen molar-refractivity contribution in [2.75, 3.05) is 7.11 Å². The number of H-pyrrole nitrogens is 1. The van der Waals surface area contributed by atoms with E-state index in [1.807, 2.05) is 12.1 Å². The molecule has 0 aliphatic heterocycles. The summed E-state index contributed by atoms with van der Waals surface area (Å²) >= 11 is 0. The van der Waals surface area contributed by atoms with Crippen LogP contribution >= 0.6 is 0 Å². The predicted octanol–water partition coefficient (Wildman–Crippen LogP) is 3.13. The molecule has 0 atom stereocenters. The topological polar surface area (TPSA) is 25.0 Å². The number of ether oxygens (including phenoxy) is 1. The van der Waals surface area contributed by atoms with Crippen LogP contribution in [-0.2, 0) is 6.42 Å². The van der Waals surface area contributed by atoms with Gasteiger partial charge in [-0.15, -0.1) is 0 Å². The third-order valence-corrected chi connectivity index (χ3v) is 2.50. The molecule has 0 aliphatic rings. The fourth-order valence-corrected chi connectivity index (χ4v) is 1.83. The molecular formula is C12H15NO. The van der Waals surface area contributed by atoms with Gasteiger partial charge in [0, 0.05) is 11.6 Å². The summed E-state index contributed by atoms with van der Waals surface area (Å²) in [7, 11) is 1.70. The van der Waals surface area contributed by atoms with Gasteiger partial charge in [0.25, 0.3) is 0 Å². The lowest BCUT2D eigenvalue weighted by molar-refractivity contribution is 0.419. The molecule has 2 rings (SSSR count). The molecule has 0 saturated carbocycles. The second-order valence-corrected chi connectivity index (χ2v) is 3.45. The minimum Gasteiger partial charge on any atom is -0.495 e. The average Bonchev–Trinajstić information content (AvgIpc) is 2.62. The molecule has 2 aromatic rings. The standard InChI is InChI=1S/C12H15NO/c1-3-5-9-8-13-12-10(9)6-4-7-11(12)14-2/h4,6-8,13H,3,5H2,1-2H3. The van der Waals surface area contributed by atoms with Gasteiger partial charge in [0.1, 0.15) is 5.75 Å². The van der Waals surface area contributed by atoms with E-state index in [1.165, 1.54) is 17.4 Å². The molecule has 0 fully saturated rings. The molecule has 1 aromatic heterocycles. The minimum atomic E-state index is 0.921. The number of hydrogen-bond donors (Lipinski definition) is 1. The molecule has 14 heavy (non-hydrogen) atoms. The highest BCUT2D eigenvalue weighted by Crippen LogP contribution is 2.27. The second-order valence-electron chi connectivity index (χ2n) is 3.45. The van der Waals surface area contributed by atoms with Crippen molar-refractivity contribution in [2.45, 2.75) is 19.8 Å². The lowest BCUT2D eigenvalue weighted by atomic mass is 10.1. The van der Waals surface area contributed by atoms with E-state index in [-0.39, 0.29) is 0 Å². The molecular weight excluding hydrogens is 174 g/mol. The van der Waals surface area contributed by atoms with E-state index >= 15 is 0 Å². The van der Waals surface area contributed by atoms with Gasteiger partial charge in [-0.05, 0) is 18.1 Å². The summed E-state index contributed by atoms with van der Waals surface area (Å²) in [6, 6.07) is 6.15. The third kappa shape index (κ3) is 1.37. The number of methoxy groups -OCH3 is 1. The number of fused-ring (bicyclic) bond motifs is 1. The van der Waals surface area contributed by atoms with E-state index in [2.05, 4.69) is 24.2 Å². The maximum atomic E-state index is 5.29. The molecule has 0 saturated heterocycles. The smallest absolute Gasteiger partial charge is 0.142 e. The van der Waals surface area contributed by atoms with E-state index in [4.69, 9.17) is 4.74 Å². The summed E-state index contributed by atoms with van der Waals surface area (Å²) in [4.78, 5) is 3.27. The highest BCUT2D eigenvalue weighted by atomic mass is 16.5. The van der Waals surface area contributed by atoms with Crippen molar-refractivity contribution in [2.24, 2.45) is 0 Å². The van der Waals surface area contributed by atoms with Gasteiger partial charge in [0.2, 0.25) is 0 Å². The number of hydrogen-bond acceptors (Lipinski definition) is 1. The van der Waals surface area contributed by atoms with Gasteiger partial charge in [0.05, 0.1) is 12.6 Å². The van der Waals surface area contributed by atoms with Crippen LogP contribution in [0.25, 0.3) is 10.9 Å². The molecule has 0 aliphatic carbocycles. The lowest BCUT2D eigenvalue weighted by Crippen LogP contribution is -1.84. The number of nitrogens with one attached hydrogen (secondary N) is 1. The van der Waals surface area contributed by atoms with Gasteiger partial charge in [0.15, 0.2) is 0 Å². The fourth-order valence-electron chi connectivity index (χ4n) is 1.83. The van der Waals surface area contributed by atoms with Crippen LogP contribution in [-0.4, -0.2) is 12.1 Å². The van der Waals surface area contributed by atoms with E-state index in [9.17, 15) is 0 Å². The first-order valence-corrected chi connectivity index (χ1v) is 4.99. The van der Waals surface area contributed by atoms with E-state index < -0.39 is 0 Å². The Bertz CT molecular complexity index is 431. The van der Waals surface area contributed by atoms with Crippen LogP contribution in [0.1, 0.15) is 18.9 Å². The molecule has 1 heterocycles. The first kappa shape index (κ1) is 9.13. The van der Waals surface area contributed by atoms with Gasteiger partial charge in [-0.3, -0.25) is 0 Å². The van der Waals surface area contributed by atoms with E-state index in [0.29, 0.717) is 0 Å². The molecule has 74 valence electrons. The molecule has 0 unspecified atom stereocenters. The van der Waals surface area contributed by atoms with E-state index in [1.54, 1.807) is 7.11 Å². The van der Waals surface area contributed by atoms with Crippen molar-refractivity contribution >= 4 is 10.9 Å². The number of rotatable bonds is 3. The normalized spacial score (nSPS) is 10.7. The molecule has 0 amide bonds. The number of benzene rings is 1. The molecule has 0 spiro atoms. The van der Waals surface area contributed by atoms with Crippen LogP contribution < -0.4 is 4.74 Å². The Morgan fingerprint density at radius 2 is 2.21 bits per heavy atom. The zero-order valence-electron chi connectivity index (χ0n) is 8.63. The average molecular weight is 189 g/mol. The Hall–Kier alpha value is -1.44. The Balaban J connectivity index is 2.57. The van der Waals surface area contributed by atoms with Gasteiger partial charge in [-0.25, -0.2) is 0 Å². The first-order chi connectivity index (χ1) is 6.86. The van der Waals surface area contributed by atoms with Gasteiger partial charge in [-0.1, -0.05) is 25.5 Å². The summed E-state index contributed by atoms with van der Waals surface area (Å²) in [6.45, 7) is 2.19. The summed E-state index contributed by atoms with van der Waals surface area (Å²) in [5.41, 5.74) is 2.49. The maximum Gasteiger partial charge on any atom is 0.142 e. The molecule has 2 heteroatoms. The number of aromatic nitrogens is 1. The van der Waals surface area contributed by atoms with Crippen LogP contribution in [0.3, 0.4) is 0 Å². The maximum absolute atomic E-state index is 5.29. The SMILES string of the molecule is CCCc1c[nH]c2c(OC)cccc12. The van der Waals surface area contributed by atoms with Crippen molar-refractivity contribution in [3.8, 4) is 5.75 Å². The Labute approximate surface area is 83.9 Å². The zero-order valence-corrected chi connectivity index (χ0v) is 8.63. The number of aryl methyl sites for hydroxylation is 1. The van der Waals surface area contributed by atoms with Crippen LogP contribution in [0.5, 0.6) is 5.75 Å². The molecule has 0 radical (unpaired) electrons. The monoisotopic (exact) mass is 189 g/mol. The Kier molecular flexibility index (Phi) is 2.44. The largest absolute Gasteiger partial charge is 0.495 e. The predicted molar refractivity (Wildman–Crippen MR) is 58.8 cm³/mol. The summed E-state index contributed by atoms with van der Waals surface area (Å²) < 4.78 is 5.29. The van der Waals surface area contributed by atoms with Crippen LogP contribution in [0.15, 0.2) is 24.4 Å². The molecule has 1 aromatic carbocycles. The fraction of sp³-hybridized carbons (Fsp3) is 0.333. The Morgan fingerprint density at radius 3 is 2.93 bits per heavy atom. The van der Waals surface area contributed by atoms with Crippen molar-refractivity contribution in [1.29, 1.82) is 0 Å². The number of aromatic amines is 1. The van der Waals surface area contributed by atoms with Gasteiger partial charge >= 0.3 is 0 Å². The summed E-state index contributed by atoms with van der Waals surface area (Å²) in [5, 5.41) is 1.28. The number of para-hydroxylation sites is 1. The summed E-state index contributed by atoms with van der Waals surface area (Å²) in [5.74, 6) is 0.921. The highest BCUT2D eigenvalue weighted by molar-refractivity contribution is 5.88. The van der Waals surface area contributed by atoms with Crippen LogP contribution in [0, 0.1) is 0 Å². The van der Waals surface area contributed by atoms with Gasteiger partial charge in [-0.2, -0.15) is 0 Å². The summed E-state index contributed by atoms with van der Waals surface area (Å²) in [6.07, 6.45) is 4.37. The quantitative estimate of drug-likeness (QED) is 0.788. The van der Waals surface area contributed by atoms with Gasteiger partial charge < -0.3 is 9.72 Å². The highest BCUT2D eigenvalue weighted by Gasteiger charge is 2.06. The van der Waals surface area contributed by atoms with Crippen LogP contribution in [0.4, 0.5) is 0 Å². The van der Waals surface area contributed by atoms with Crippen molar-refractivity contribution in [3.05, 3.63) is 30.0 Å². The lowest BCUT2D eigenvalue weighted by Gasteiger charge is -2.01. The van der Waals surface area contributed by atoms with Crippen molar-refractivity contribution in [3.63, 3.8) is 0 Å². The molecule has 1 N–H and O–H groups in total. The Morgan fingerprint density at radius 1 is 1.36 bits per heavy atom.